The highest BCUT2D eigenvalue weighted by atomic mass is 14.4. The number of hydrogen-bond acceptors (Lipinski definition) is 0. The molecule has 15 heavy (non-hydrogen) atoms. The molecular weight excluding hydrogens is 180 g/mol. The van der Waals surface area contributed by atoms with Gasteiger partial charge in [0.25, 0.3) is 0 Å². The van der Waals surface area contributed by atoms with E-state index in [-0.39, 0.29) is 5.41 Å². The van der Waals surface area contributed by atoms with Crippen LogP contribution < -0.4 is 0 Å². The maximum atomic E-state index is 3.96. The van der Waals surface area contributed by atoms with E-state index in [1.165, 1.54) is 6.42 Å². The maximum Gasteiger partial charge on any atom is 0.0302 e. The zero-order valence-electron chi connectivity index (χ0n) is 10.1. The molecule has 1 aliphatic carbocycles. The highest BCUT2D eigenvalue weighted by molar-refractivity contribution is 5.16. The van der Waals surface area contributed by atoms with E-state index in [1.807, 2.05) is 13.8 Å². The first kappa shape index (κ1) is 11.9. The Kier molecular flexibility index (Phi) is 4.05. The zero-order chi connectivity index (χ0) is 11.3. The average molecular weight is 200 g/mol. The van der Waals surface area contributed by atoms with Crippen molar-refractivity contribution in [1.29, 1.82) is 0 Å². The SMILES string of the molecule is C=CC1(C)CCC(C#CC)CC1C#CC. The minimum atomic E-state index is 0.189. The second-order valence-electron chi connectivity index (χ2n) is 4.52. The molecule has 0 bridgehead atoms. The molecule has 0 aromatic carbocycles. The lowest BCUT2D eigenvalue weighted by molar-refractivity contribution is 0.195. The van der Waals surface area contributed by atoms with Crippen LogP contribution in [0.4, 0.5) is 0 Å². The standard InChI is InChI=1S/C15H20/c1-5-8-13-10-11-15(4,7-3)14(12-13)9-6-2/h7,13-14H,3,10-12H2,1-2,4H3. The number of rotatable bonds is 1. The summed E-state index contributed by atoms with van der Waals surface area (Å²) in [4.78, 5) is 0. The van der Waals surface area contributed by atoms with Crippen LogP contribution in [0.5, 0.6) is 0 Å². The van der Waals surface area contributed by atoms with Crippen LogP contribution in [-0.2, 0) is 0 Å². The van der Waals surface area contributed by atoms with Crippen molar-refractivity contribution in [2.75, 3.05) is 0 Å². The van der Waals surface area contributed by atoms with Crippen LogP contribution in [0.3, 0.4) is 0 Å². The van der Waals surface area contributed by atoms with Gasteiger partial charge >= 0.3 is 0 Å². The van der Waals surface area contributed by atoms with Gasteiger partial charge in [-0.1, -0.05) is 18.9 Å². The summed E-state index contributed by atoms with van der Waals surface area (Å²) in [6.45, 7) is 10.1. The Morgan fingerprint density at radius 2 is 1.93 bits per heavy atom. The molecule has 1 rings (SSSR count). The quantitative estimate of drug-likeness (QED) is 0.448. The third kappa shape index (κ3) is 2.66. The molecule has 0 saturated heterocycles. The van der Waals surface area contributed by atoms with Crippen LogP contribution in [0.15, 0.2) is 12.7 Å². The summed E-state index contributed by atoms with van der Waals surface area (Å²) in [5.41, 5.74) is 0.189. The number of hydrogen-bond donors (Lipinski definition) is 0. The summed E-state index contributed by atoms with van der Waals surface area (Å²) >= 11 is 0. The van der Waals surface area contributed by atoms with E-state index in [4.69, 9.17) is 0 Å². The van der Waals surface area contributed by atoms with Gasteiger partial charge in [0.1, 0.15) is 0 Å². The van der Waals surface area contributed by atoms with Crippen molar-refractivity contribution in [3.05, 3.63) is 12.7 Å². The second-order valence-corrected chi connectivity index (χ2v) is 4.52. The van der Waals surface area contributed by atoms with E-state index >= 15 is 0 Å². The predicted molar refractivity (Wildman–Crippen MR) is 66.0 cm³/mol. The Bertz CT molecular complexity index is 342. The van der Waals surface area contributed by atoms with Crippen LogP contribution in [-0.4, -0.2) is 0 Å². The normalized spacial score (nSPS) is 34.3. The molecule has 0 heterocycles. The van der Waals surface area contributed by atoms with Crippen molar-refractivity contribution in [3.8, 4) is 23.7 Å². The fraction of sp³-hybridized carbons (Fsp3) is 0.600. The predicted octanol–water partition coefficient (Wildman–Crippen LogP) is 3.64. The molecule has 1 fully saturated rings. The monoisotopic (exact) mass is 200 g/mol. The summed E-state index contributed by atoms with van der Waals surface area (Å²) in [6, 6.07) is 0. The largest absolute Gasteiger partial charge is 0.106 e. The molecule has 0 heteroatoms. The van der Waals surface area contributed by atoms with Gasteiger partial charge in [-0.3, -0.25) is 0 Å². The van der Waals surface area contributed by atoms with Crippen molar-refractivity contribution in [3.63, 3.8) is 0 Å². The van der Waals surface area contributed by atoms with Gasteiger partial charge in [0, 0.05) is 11.8 Å². The molecule has 0 spiro atoms. The summed E-state index contributed by atoms with van der Waals surface area (Å²) in [5, 5.41) is 0. The van der Waals surface area contributed by atoms with E-state index in [1.54, 1.807) is 0 Å². The van der Waals surface area contributed by atoms with Gasteiger partial charge in [-0.2, -0.15) is 0 Å². The fourth-order valence-electron chi connectivity index (χ4n) is 2.31. The fourth-order valence-corrected chi connectivity index (χ4v) is 2.31. The lowest BCUT2D eigenvalue weighted by atomic mass is 9.65. The Balaban J connectivity index is 2.84. The molecule has 0 amide bonds. The minimum Gasteiger partial charge on any atom is -0.106 e. The van der Waals surface area contributed by atoms with E-state index in [2.05, 4.69) is 43.3 Å². The van der Waals surface area contributed by atoms with Crippen LogP contribution in [0.1, 0.15) is 40.0 Å². The molecule has 0 nitrogen and oxygen atoms in total. The van der Waals surface area contributed by atoms with Crippen LogP contribution >= 0.6 is 0 Å². The molecule has 3 unspecified atom stereocenters. The summed E-state index contributed by atoms with van der Waals surface area (Å²) in [7, 11) is 0. The summed E-state index contributed by atoms with van der Waals surface area (Å²) in [5.74, 6) is 13.6. The molecule has 0 aromatic heterocycles. The van der Waals surface area contributed by atoms with Crippen LogP contribution in [0.25, 0.3) is 0 Å². The van der Waals surface area contributed by atoms with Gasteiger partial charge in [-0.25, -0.2) is 0 Å². The molecule has 0 radical (unpaired) electrons. The van der Waals surface area contributed by atoms with Crippen molar-refractivity contribution < 1.29 is 0 Å². The molecule has 1 aliphatic rings. The Labute approximate surface area is 94.2 Å². The highest BCUT2D eigenvalue weighted by Crippen LogP contribution is 2.43. The molecule has 0 aliphatic heterocycles. The average Bonchev–Trinajstić information content (AvgIpc) is 2.24. The van der Waals surface area contributed by atoms with Crippen molar-refractivity contribution in [2.24, 2.45) is 17.3 Å². The van der Waals surface area contributed by atoms with Crippen LogP contribution in [0.2, 0.25) is 0 Å². The van der Waals surface area contributed by atoms with Gasteiger partial charge in [0.2, 0.25) is 0 Å². The van der Waals surface area contributed by atoms with Gasteiger partial charge < -0.3 is 0 Å². The molecule has 1 saturated carbocycles. The van der Waals surface area contributed by atoms with E-state index in [9.17, 15) is 0 Å². The Hall–Kier alpha value is -1.14. The third-order valence-corrected chi connectivity index (χ3v) is 3.48. The van der Waals surface area contributed by atoms with Gasteiger partial charge in [0.05, 0.1) is 0 Å². The van der Waals surface area contributed by atoms with E-state index in [0.717, 1.165) is 12.8 Å². The zero-order valence-corrected chi connectivity index (χ0v) is 10.1. The third-order valence-electron chi connectivity index (χ3n) is 3.48. The molecular formula is C15H20. The number of allylic oxidation sites excluding steroid dienone is 1. The van der Waals surface area contributed by atoms with E-state index in [0.29, 0.717) is 11.8 Å². The lowest BCUT2D eigenvalue weighted by Crippen LogP contribution is -2.31. The lowest BCUT2D eigenvalue weighted by Gasteiger charge is -2.38. The first-order valence-corrected chi connectivity index (χ1v) is 5.64. The van der Waals surface area contributed by atoms with Crippen LogP contribution in [0, 0.1) is 40.9 Å². The highest BCUT2D eigenvalue weighted by Gasteiger charge is 2.36. The molecule has 3 atom stereocenters. The molecule has 0 N–H and O–H groups in total. The van der Waals surface area contributed by atoms with Crippen molar-refractivity contribution >= 4 is 0 Å². The molecule has 0 aromatic rings. The summed E-state index contributed by atoms with van der Waals surface area (Å²) < 4.78 is 0. The van der Waals surface area contributed by atoms with Crippen molar-refractivity contribution in [2.45, 2.75) is 40.0 Å². The Morgan fingerprint density at radius 3 is 2.47 bits per heavy atom. The van der Waals surface area contributed by atoms with Gasteiger partial charge in [-0.15, -0.1) is 24.3 Å². The van der Waals surface area contributed by atoms with E-state index < -0.39 is 0 Å². The molecule has 80 valence electrons. The Morgan fingerprint density at radius 1 is 1.27 bits per heavy atom. The van der Waals surface area contributed by atoms with Crippen molar-refractivity contribution in [1.82, 2.24) is 0 Å². The van der Waals surface area contributed by atoms with Gasteiger partial charge in [0.15, 0.2) is 0 Å². The summed E-state index contributed by atoms with van der Waals surface area (Å²) in [6.07, 6.45) is 5.53. The topological polar surface area (TPSA) is 0 Å². The maximum absolute atomic E-state index is 3.96. The van der Waals surface area contributed by atoms with Gasteiger partial charge in [-0.05, 0) is 38.5 Å². The second kappa shape index (κ2) is 5.09. The smallest absolute Gasteiger partial charge is 0.0302 e. The first-order valence-electron chi connectivity index (χ1n) is 5.64. The first-order chi connectivity index (χ1) is 7.16. The minimum absolute atomic E-state index is 0.189.